The average molecular weight is 338 g/mol. The van der Waals surface area contributed by atoms with Gasteiger partial charge in [-0.25, -0.2) is 0 Å². The van der Waals surface area contributed by atoms with Crippen molar-refractivity contribution in [3.05, 3.63) is 24.3 Å². The summed E-state index contributed by atoms with van der Waals surface area (Å²) in [4.78, 5) is 0. The summed E-state index contributed by atoms with van der Waals surface area (Å²) in [6.07, 6.45) is 5.71. The number of rotatable bonds is 4. The Hall–Kier alpha value is -0.0000000000000000208. The molecule has 4 heteroatoms. The molecule has 2 saturated heterocycles. The quantitative estimate of drug-likeness (QED) is 0.785. The number of methoxy groups -OCH3 is 2. The Kier molecular flexibility index (Phi) is 5.56. The normalized spacial score (nSPS) is 36.1. The molecule has 0 amide bonds. The highest BCUT2D eigenvalue weighted by Crippen LogP contribution is 2.51. The Morgan fingerprint density at radius 3 is 1.59 bits per heavy atom. The van der Waals surface area contributed by atoms with Crippen molar-refractivity contribution in [1.29, 1.82) is 0 Å². The van der Waals surface area contributed by atoms with Gasteiger partial charge in [0.05, 0.1) is 12.2 Å². The molecular weight excluding hydrogens is 310 g/mol. The molecule has 22 heavy (non-hydrogen) atoms. The van der Waals surface area contributed by atoms with Crippen LogP contribution in [0.4, 0.5) is 0 Å². The van der Waals surface area contributed by atoms with Crippen molar-refractivity contribution in [2.24, 2.45) is 11.8 Å². The van der Waals surface area contributed by atoms with Crippen LogP contribution in [0.15, 0.2) is 24.3 Å². The molecule has 2 unspecified atom stereocenters. The van der Waals surface area contributed by atoms with Gasteiger partial charge in [-0.2, -0.15) is 0 Å². The fraction of sp³-hybridized carbons (Fsp3) is 0.667. The van der Waals surface area contributed by atoms with Gasteiger partial charge in [-0.05, 0) is 34.8 Å². The molecule has 0 aromatic heterocycles. The van der Waals surface area contributed by atoms with Crippen molar-refractivity contribution >= 4 is 26.5 Å². The first kappa shape index (κ1) is 16.8. The Morgan fingerprint density at radius 1 is 0.773 bits per heavy atom. The highest BCUT2D eigenvalue weighted by Gasteiger charge is 2.37. The maximum absolute atomic E-state index is 5.66. The molecule has 5 atom stereocenters. The second kappa shape index (κ2) is 7.27. The maximum atomic E-state index is 5.66. The molecule has 2 aliphatic heterocycles. The van der Waals surface area contributed by atoms with E-state index in [4.69, 9.17) is 9.47 Å². The van der Waals surface area contributed by atoms with Gasteiger partial charge in [-0.15, -0.1) is 0 Å². The lowest BCUT2D eigenvalue weighted by atomic mass is 10.0. The Morgan fingerprint density at radius 2 is 1.18 bits per heavy atom. The third-order valence-corrected chi connectivity index (χ3v) is 11.3. The molecular formula is C18H28O2P2. The molecule has 3 rings (SSSR count). The first-order chi connectivity index (χ1) is 10.6. The highest BCUT2D eigenvalue weighted by molar-refractivity contribution is 7.72. The van der Waals surface area contributed by atoms with Crippen LogP contribution < -0.4 is 10.6 Å². The average Bonchev–Trinajstić information content (AvgIpc) is 3.11. The van der Waals surface area contributed by atoms with E-state index in [0.717, 1.165) is 24.2 Å². The lowest BCUT2D eigenvalue weighted by Gasteiger charge is -2.20. The standard InChI is InChI=1S/C18H28O2P2/c1-13-9-21(10-14(13)2)17-7-5-6-8-18(17)22-11-15(19-3)16(12-22)20-4/h5-8,13-16H,9-12H2,1-4H3/t13-,14-,15-,16?,22?/m1/s1. The predicted molar refractivity (Wildman–Crippen MR) is 98.9 cm³/mol. The molecule has 0 aliphatic carbocycles. The van der Waals surface area contributed by atoms with Crippen LogP contribution in [0.3, 0.4) is 0 Å². The lowest BCUT2D eigenvalue weighted by Crippen LogP contribution is -2.27. The highest BCUT2D eigenvalue weighted by atomic mass is 31.1. The summed E-state index contributed by atoms with van der Waals surface area (Å²) in [5, 5.41) is 3.33. The van der Waals surface area contributed by atoms with Gasteiger partial charge in [-0.1, -0.05) is 54.0 Å². The zero-order valence-electron chi connectivity index (χ0n) is 14.2. The summed E-state index contributed by atoms with van der Waals surface area (Å²) in [6, 6.07) is 9.26. The Labute approximate surface area is 137 Å². The van der Waals surface area contributed by atoms with Gasteiger partial charge in [0.1, 0.15) is 0 Å². The topological polar surface area (TPSA) is 18.5 Å². The van der Waals surface area contributed by atoms with Gasteiger partial charge in [0, 0.05) is 26.5 Å². The third-order valence-electron chi connectivity index (χ3n) is 5.37. The lowest BCUT2D eigenvalue weighted by molar-refractivity contribution is -0.00461. The molecule has 0 radical (unpaired) electrons. The van der Waals surface area contributed by atoms with Crippen molar-refractivity contribution in [1.82, 2.24) is 0 Å². The smallest absolute Gasteiger partial charge is 0.0878 e. The molecule has 0 N–H and O–H groups in total. The fourth-order valence-corrected chi connectivity index (χ4v) is 10.8. The third kappa shape index (κ3) is 3.27. The number of ether oxygens (including phenoxy) is 2. The van der Waals surface area contributed by atoms with Crippen LogP contribution in [0, 0.1) is 11.8 Å². The number of benzene rings is 1. The van der Waals surface area contributed by atoms with Gasteiger partial charge in [0.25, 0.3) is 0 Å². The van der Waals surface area contributed by atoms with E-state index >= 15 is 0 Å². The second-order valence-corrected chi connectivity index (χ2v) is 11.4. The molecule has 0 saturated carbocycles. The molecule has 2 aliphatic rings. The first-order valence-corrected chi connectivity index (χ1v) is 11.7. The van der Waals surface area contributed by atoms with Crippen LogP contribution in [0.2, 0.25) is 0 Å². The van der Waals surface area contributed by atoms with Gasteiger partial charge in [-0.3, -0.25) is 0 Å². The van der Waals surface area contributed by atoms with Crippen LogP contribution in [0.25, 0.3) is 0 Å². The maximum Gasteiger partial charge on any atom is 0.0878 e. The van der Waals surface area contributed by atoms with E-state index < -0.39 is 0 Å². The molecule has 122 valence electrons. The summed E-state index contributed by atoms with van der Waals surface area (Å²) in [6.45, 7) is 4.86. The fourth-order valence-electron chi connectivity index (χ4n) is 3.72. The monoisotopic (exact) mass is 338 g/mol. The van der Waals surface area contributed by atoms with E-state index in [1.165, 1.54) is 12.3 Å². The molecule has 2 fully saturated rings. The van der Waals surface area contributed by atoms with Crippen LogP contribution in [0.1, 0.15) is 13.8 Å². The zero-order chi connectivity index (χ0) is 15.7. The van der Waals surface area contributed by atoms with E-state index in [1.54, 1.807) is 10.6 Å². The van der Waals surface area contributed by atoms with E-state index in [0.29, 0.717) is 0 Å². The molecule has 0 spiro atoms. The van der Waals surface area contributed by atoms with Crippen molar-refractivity contribution in [2.75, 3.05) is 38.9 Å². The summed E-state index contributed by atoms with van der Waals surface area (Å²) in [5.74, 6) is 1.77. The summed E-state index contributed by atoms with van der Waals surface area (Å²) >= 11 is 0. The summed E-state index contributed by atoms with van der Waals surface area (Å²) in [7, 11) is 3.56. The minimum Gasteiger partial charge on any atom is -0.378 e. The summed E-state index contributed by atoms with van der Waals surface area (Å²) < 4.78 is 11.3. The molecule has 1 aromatic carbocycles. The van der Waals surface area contributed by atoms with Crippen molar-refractivity contribution in [2.45, 2.75) is 26.1 Å². The van der Waals surface area contributed by atoms with Crippen LogP contribution in [0.5, 0.6) is 0 Å². The van der Waals surface area contributed by atoms with E-state index in [1.807, 2.05) is 14.2 Å². The van der Waals surface area contributed by atoms with Gasteiger partial charge in [0.15, 0.2) is 0 Å². The number of hydrogen-bond acceptors (Lipinski definition) is 2. The van der Waals surface area contributed by atoms with Crippen LogP contribution in [-0.2, 0) is 9.47 Å². The van der Waals surface area contributed by atoms with Crippen molar-refractivity contribution < 1.29 is 9.47 Å². The molecule has 0 bridgehead atoms. The second-order valence-electron chi connectivity index (χ2n) is 6.80. The molecule has 2 nitrogen and oxygen atoms in total. The van der Waals surface area contributed by atoms with E-state index in [2.05, 4.69) is 38.1 Å². The Bertz CT molecular complexity index is 486. The minimum absolute atomic E-state index is 0.0417. The Balaban J connectivity index is 1.83. The van der Waals surface area contributed by atoms with Crippen molar-refractivity contribution in [3.63, 3.8) is 0 Å². The van der Waals surface area contributed by atoms with Gasteiger partial charge >= 0.3 is 0 Å². The minimum atomic E-state index is -0.130. The van der Waals surface area contributed by atoms with E-state index in [9.17, 15) is 0 Å². The molecule has 2 heterocycles. The summed E-state index contributed by atoms with van der Waals surface area (Å²) in [5.41, 5.74) is 0. The molecule has 1 aromatic rings. The zero-order valence-corrected chi connectivity index (χ0v) is 15.9. The van der Waals surface area contributed by atoms with Crippen LogP contribution in [-0.4, -0.2) is 51.1 Å². The van der Waals surface area contributed by atoms with E-state index in [-0.39, 0.29) is 28.1 Å². The van der Waals surface area contributed by atoms with Crippen LogP contribution >= 0.6 is 15.8 Å². The predicted octanol–water partition coefficient (Wildman–Crippen LogP) is 3.23. The largest absolute Gasteiger partial charge is 0.378 e. The first-order valence-electron chi connectivity index (χ1n) is 8.28. The van der Waals surface area contributed by atoms with Gasteiger partial charge in [0.2, 0.25) is 0 Å². The van der Waals surface area contributed by atoms with Gasteiger partial charge < -0.3 is 9.47 Å². The SMILES string of the molecule is COC1CP(c2ccccc2P2C[C@@H](C)[C@H](C)C2)C[C@H]1OC. The van der Waals surface area contributed by atoms with Crippen molar-refractivity contribution in [3.8, 4) is 0 Å². The number of hydrogen-bond donors (Lipinski definition) is 0.